The van der Waals surface area contributed by atoms with Gasteiger partial charge in [-0.2, -0.15) is 5.10 Å². The Kier molecular flexibility index (Phi) is 4.64. The molecule has 1 saturated carbocycles. The lowest BCUT2D eigenvalue weighted by Crippen LogP contribution is -2.35. The van der Waals surface area contributed by atoms with Crippen LogP contribution in [0.3, 0.4) is 0 Å². The lowest BCUT2D eigenvalue weighted by Gasteiger charge is -2.24. The summed E-state index contributed by atoms with van der Waals surface area (Å²) in [6.07, 6.45) is 7.77. The number of anilines is 1. The van der Waals surface area contributed by atoms with Crippen molar-refractivity contribution >= 4 is 17.6 Å². The average Bonchev–Trinajstić information content (AvgIpc) is 3.31. The van der Waals surface area contributed by atoms with Crippen LogP contribution < -0.4 is 5.32 Å². The highest BCUT2D eigenvalue weighted by atomic mass is 32.2. The standard InChI is InChI=1S/C17H23N5O3S/c1-17(2)24-13-10(9-23)7-11(14(13)25-17)20-15-12(22-6-4-5-19-22)8-18-16(21-15)26-3/h4-6,8,10-11,13-14,23H,7,9H2,1-3H3,(H,18,20,21)/t10-,11-,13-,14+/m1/s1. The van der Waals surface area contributed by atoms with Gasteiger partial charge in [0.15, 0.2) is 16.8 Å². The van der Waals surface area contributed by atoms with Gasteiger partial charge in [0.1, 0.15) is 11.8 Å². The SMILES string of the molecule is CSc1ncc(-n2cccn2)c(N[C@@H]2C[C@H](CO)[C@H]3OC(C)(C)O[C@H]32)n1. The Morgan fingerprint density at radius 3 is 2.88 bits per heavy atom. The van der Waals surface area contributed by atoms with E-state index in [4.69, 9.17) is 9.47 Å². The molecule has 2 fully saturated rings. The van der Waals surface area contributed by atoms with E-state index in [0.29, 0.717) is 11.0 Å². The average molecular weight is 377 g/mol. The van der Waals surface area contributed by atoms with E-state index in [2.05, 4.69) is 20.4 Å². The molecule has 1 saturated heterocycles. The maximum absolute atomic E-state index is 9.75. The van der Waals surface area contributed by atoms with Crippen molar-refractivity contribution in [2.24, 2.45) is 5.92 Å². The topological polar surface area (TPSA) is 94.3 Å². The van der Waals surface area contributed by atoms with Crippen molar-refractivity contribution in [1.82, 2.24) is 19.7 Å². The molecule has 0 aromatic carbocycles. The van der Waals surface area contributed by atoms with Crippen molar-refractivity contribution in [2.45, 2.75) is 49.5 Å². The Morgan fingerprint density at radius 2 is 2.19 bits per heavy atom. The molecule has 9 heteroatoms. The van der Waals surface area contributed by atoms with Gasteiger partial charge >= 0.3 is 0 Å². The lowest BCUT2D eigenvalue weighted by atomic mass is 10.1. The second-order valence-corrected chi connectivity index (χ2v) is 7.81. The zero-order chi connectivity index (χ0) is 18.3. The first-order valence-corrected chi connectivity index (χ1v) is 9.87. The van der Waals surface area contributed by atoms with Crippen molar-refractivity contribution in [1.29, 1.82) is 0 Å². The smallest absolute Gasteiger partial charge is 0.189 e. The van der Waals surface area contributed by atoms with E-state index in [9.17, 15) is 5.11 Å². The van der Waals surface area contributed by atoms with Crippen LogP contribution in [-0.4, -0.2) is 61.8 Å². The number of rotatable bonds is 5. The van der Waals surface area contributed by atoms with Gasteiger partial charge in [-0.25, -0.2) is 14.6 Å². The highest BCUT2D eigenvalue weighted by Crippen LogP contribution is 2.42. The maximum atomic E-state index is 9.75. The third kappa shape index (κ3) is 3.20. The van der Waals surface area contributed by atoms with E-state index in [1.54, 1.807) is 17.1 Å². The van der Waals surface area contributed by atoms with Crippen LogP contribution in [0, 0.1) is 5.92 Å². The number of nitrogens with one attached hydrogen (secondary N) is 1. The van der Waals surface area contributed by atoms with Gasteiger partial charge in [-0.3, -0.25) is 0 Å². The van der Waals surface area contributed by atoms with Gasteiger partial charge in [0, 0.05) is 24.9 Å². The van der Waals surface area contributed by atoms with Crippen molar-refractivity contribution in [3.05, 3.63) is 24.7 Å². The summed E-state index contributed by atoms with van der Waals surface area (Å²) in [5.41, 5.74) is 0.773. The number of thioether (sulfide) groups is 1. The van der Waals surface area contributed by atoms with Crippen molar-refractivity contribution in [2.75, 3.05) is 18.2 Å². The summed E-state index contributed by atoms with van der Waals surface area (Å²) >= 11 is 1.48. The number of nitrogens with zero attached hydrogens (tertiary/aromatic N) is 4. The molecule has 2 aliphatic rings. The molecule has 3 heterocycles. The molecule has 1 aliphatic heterocycles. The zero-order valence-electron chi connectivity index (χ0n) is 15.0. The molecular formula is C17H23N5O3S. The minimum Gasteiger partial charge on any atom is -0.396 e. The summed E-state index contributed by atoms with van der Waals surface area (Å²) in [6, 6.07) is 1.84. The largest absolute Gasteiger partial charge is 0.396 e. The van der Waals surface area contributed by atoms with Gasteiger partial charge in [-0.1, -0.05) is 11.8 Å². The summed E-state index contributed by atoms with van der Waals surface area (Å²) in [5.74, 6) is 0.0855. The molecule has 0 amide bonds. The first kappa shape index (κ1) is 17.7. The fourth-order valence-corrected chi connectivity index (χ4v) is 4.07. The van der Waals surface area contributed by atoms with Gasteiger partial charge in [-0.15, -0.1) is 0 Å². The highest BCUT2D eigenvalue weighted by molar-refractivity contribution is 7.98. The Balaban J connectivity index is 1.64. The second-order valence-electron chi connectivity index (χ2n) is 7.04. The molecule has 4 rings (SSSR count). The monoisotopic (exact) mass is 377 g/mol. The van der Waals surface area contributed by atoms with Crippen molar-refractivity contribution < 1.29 is 14.6 Å². The van der Waals surface area contributed by atoms with E-state index in [1.807, 2.05) is 32.4 Å². The minimum atomic E-state index is -0.649. The molecule has 2 aromatic heterocycles. The number of aromatic nitrogens is 4. The van der Waals surface area contributed by atoms with E-state index < -0.39 is 5.79 Å². The van der Waals surface area contributed by atoms with Crippen LogP contribution in [0.25, 0.3) is 5.69 Å². The molecule has 2 N–H and O–H groups in total. The number of hydrogen-bond acceptors (Lipinski definition) is 8. The van der Waals surface area contributed by atoms with E-state index in [1.165, 1.54) is 11.8 Å². The zero-order valence-corrected chi connectivity index (χ0v) is 15.8. The van der Waals surface area contributed by atoms with Gasteiger partial charge in [0.05, 0.1) is 18.3 Å². The van der Waals surface area contributed by atoms with Gasteiger partial charge < -0.3 is 19.9 Å². The van der Waals surface area contributed by atoms with E-state index >= 15 is 0 Å². The van der Waals surface area contributed by atoms with Crippen LogP contribution in [0.2, 0.25) is 0 Å². The van der Waals surface area contributed by atoms with Crippen LogP contribution in [0.15, 0.2) is 29.8 Å². The molecular weight excluding hydrogens is 354 g/mol. The van der Waals surface area contributed by atoms with Gasteiger partial charge in [-0.05, 0) is 32.6 Å². The van der Waals surface area contributed by atoms with Crippen molar-refractivity contribution in [3.8, 4) is 5.69 Å². The Morgan fingerprint density at radius 1 is 1.38 bits per heavy atom. The van der Waals surface area contributed by atoms with Gasteiger partial charge in [0.2, 0.25) is 0 Å². The predicted octanol–water partition coefficient (Wildman–Crippen LogP) is 1.70. The molecule has 140 valence electrons. The molecule has 26 heavy (non-hydrogen) atoms. The number of aliphatic hydroxyl groups is 1. The summed E-state index contributed by atoms with van der Waals surface area (Å²) in [4.78, 5) is 9.00. The number of fused-ring (bicyclic) bond motifs is 1. The Hall–Kier alpha value is -1.68. The van der Waals surface area contributed by atoms with E-state index in [-0.39, 0.29) is 30.8 Å². The molecule has 2 aromatic rings. The summed E-state index contributed by atoms with van der Waals surface area (Å²) in [5, 5.41) is 18.2. The molecule has 1 aliphatic carbocycles. The van der Waals surface area contributed by atoms with Gasteiger partial charge in [0.25, 0.3) is 0 Å². The molecule has 0 spiro atoms. The lowest BCUT2D eigenvalue weighted by molar-refractivity contribution is -0.158. The molecule has 8 nitrogen and oxygen atoms in total. The van der Waals surface area contributed by atoms with Crippen LogP contribution in [0.5, 0.6) is 0 Å². The maximum Gasteiger partial charge on any atom is 0.189 e. The van der Waals surface area contributed by atoms with Crippen molar-refractivity contribution in [3.63, 3.8) is 0 Å². The fourth-order valence-electron chi connectivity index (χ4n) is 3.73. The van der Waals surface area contributed by atoms with Crippen LogP contribution >= 0.6 is 11.8 Å². The predicted molar refractivity (Wildman–Crippen MR) is 97.4 cm³/mol. The van der Waals surface area contributed by atoms with Crippen LogP contribution in [-0.2, 0) is 9.47 Å². The second kappa shape index (κ2) is 6.80. The third-order valence-electron chi connectivity index (χ3n) is 4.82. The fraction of sp³-hybridized carbons (Fsp3) is 0.588. The quantitative estimate of drug-likeness (QED) is 0.601. The van der Waals surface area contributed by atoms with Crippen LogP contribution in [0.1, 0.15) is 20.3 Å². The normalized spacial score (nSPS) is 29.7. The minimum absolute atomic E-state index is 0.0159. The summed E-state index contributed by atoms with van der Waals surface area (Å²) in [7, 11) is 0. The third-order valence-corrected chi connectivity index (χ3v) is 5.38. The highest BCUT2D eigenvalue weighted by Gasteiger charge is 2.53. The number of aliphatic hydroxyl groups excluding tert-OH is 1. The summed E-state index contributed by atoms with van der Waals surface area (Å²) < 4.78 is 13.9. The molecule has 0 bridgehead atoms. The summed E-state index contributed by atoms with van der Waals surface area (Å²) in [6.45, 7) is 3.88. The number of hydrogen-bond donors (Lipinski definition) is 2. The Labute approximate surface area is 156 Å². The molecule has 0 unspecified atom stereocenters. The molecule has 4 atom stereocenters. The Bertz CT molecular complexity index is 770. The van der Waals surface area contributed by atoms with E-state index in [0.717, 1.165) is 12.1 Å². The first-order valence-electron chi connectivity index (χ1n) is 8.65. The number of ether oxygens (including phenoxy) is 2. The van der Waals surface area contributed by atoms with Crippen LogP contribution in [0.4, 0.5) is 5.82 Å². The molecule has 0 radical (unpaired) electrons. The first-order chi connectivity index (χ1) is 12.5.